The van der Waals surface area contributed by atoms with Crippen molar-refractivity contribution in [3.8, 4) is 0 Å². The third-order valence-corrected chi connectivity index (χ3v) is 15.3. The highest BCUT2D eigenvalue weighted by Gasteiger charge is 2.68. The molecule has 0 aromatic heterocycles. The number of esters is 4. The lowest BCUT2D eigenvalue weighted by Gasteiger charge is -2.69. The fourth-order valence-electron chi connectivity index (χ4n) is 12.9. The van der Waals surface area contributed by atoms with E-state index in [0.717, 1.165) is 12.8 Å². The van der Waals surface area contributed by atoms with Crippen LogP contribution in [0, 0.1) is 62.6 Å². The highest BCUT2D eigenvalue weighted by Crippen LogP contribution is 2.75. The Bertz CT molecular complexity index is 1410. The van der Waals surface area contributed by atoms with E-state index in [9.17, 15) is 19.2 Å². The van der Waals surface area contributed by atoms with Crippen molar-refractivity contribution in [3.05, 3.63) is 24.3 Å². The molecule has 5 rings (SSSR count). The molecule has 0 heterocycles. The number of hydrogen-bond donors (Lipinski definition) is 0. The monoisotopic (exact) mass is 710 g/mol. The van der Waals surface area contributed by atoms with Crippen molar-refractivity contribution in [2.45, 2.75) is 152 Å². The molecule has 286 valence electrons. The van der Waals surface area contributed by atoms with E-state index in [1.165, 1.54) is 66.2 Å². The molecule has 5 aliphatic rings. The molecule has 0 aromatic rings. The number of carbonyl (C=O) groups is 4. The molecule has 0 aromatic carbocycles. The molecule has 0 saturated heterocycles. The molecule has 0 aliphatic heterocycles. The van der Waals surface area contributed by atoms with Crippen LogP contribution in [0.1, 0.15) is 134 Å². The van der Waals surface area contributed by atoms with E-state index >= 15 is 0 Å². The number of allylic oxidation sites excluding steroid dienone is 4. The van der Waals surface area contributed by atoms with Crippen LogP contribution >= 0.6 is 0 Å². The predicted molar refractivity (Wildman–Crippen MR) is 196 cm³/mol. The lowest BCUT2D eigenvalue weighted by molar-refractivity contribution is -0.190. The van der Waals surface area contributed by atoms with Gasteiger partial charge < -0.3 is 18.9 Å². The molecule has 8 nitrogen and oxygen atoms in total. The van der Waals surface area contributed by atoms with Gasteiger partial charge in [0.15, 0.2) is 12.2 Å². The van der Waals surface area contributed by atoms with Crippen LogP contribution in [0.4, 0.5) is 0 Å². The highest BCUT2D eigenvalue weighted by atomic mass is 16.6. The van der Waals surface area contributed by atoms with Gasteiger partial charge in [0.25, 0.3) is 0 Å². The van der Waals surface area contributed by atoms with Crippen LogP contribution in [0.5, 0.6) is 0 Å². The van der Waals surface area contributed by atoms with Gasteiger partial charge in [0, 0.05) is 27.7 Å². The van der Waals surface area contributed by atoms with Crippen molar-refractivity contribution in [2.75, 3.05) is 6.61 Å². The van der Waals surface area contributed by atoms with Crippen LogP contribution in [-0.2, 0) is 38.1 Å². The Kier molecular flexibility index (Phi) is 11.1. The second-order valence-corrected chi connectivity index (χ2v) is 18.8. The number of fused-ring (bicyclic) bond motifs is 7. The van der Waals surface area contributed by atoms with E-state index in [-0.39, 0.29) is 28.3 Å². The third kappa shape index (κ3) is 7.07. The second-order valence-electron chi connectivity index (χ2n) is 18.8. The number of rotatable bonds is 11. The summed E-state index contributed by atoms with van der Waals surface area (Å²) in [6.07, 6.45) is 17.4. The lowest BCUT2D eigenvalue weighted by Crippen LogP contribution is -2.62. The SMILES string of the molecule is CC(=O)OC[C@H](OC(C)=O)[C@H](OC(C)=O)[C@@H](CC[C@@H](C)[C@H]1CC[C@]2(C)[C@H]3C=C[C@@H]4[C@@]5(C)CCCC(C)(C)[C@@H]5C=C[C@@]4(C)[C@]3(C)CC[C@@H]12)OC(C)=O. The van der Waals surface area contributed by atoms with Gasteiger partial charge >= 0.3 is 23.9 Å². The van der Waals surface area contributed by atoms with Gasteiger partial charge in [-0.3, -0.25) is 19.2 Å². The van der Waals surface area contributed by atoms with Crippen molar-refractivity contribution in [1.29, 1.82) is 0 Å². The maximum Gasteiger partial charge on any atom is 0.303 e. The Morgan fingerprint density at radius 3 is 1.92 bits per heavy atom. The van der Waals surface area contributed by atoms with Gasteiger partial charge in [-0.05, 0) is 114 Å². The summed E-state index contributed by atoms with van der Waals surface area (Å²) in [6, 6.07) is 0. The number of hydrogen-bond acceptors (Lipinski definition) is 8. The normalized spacial score (nSPS) is 39.9. The van der Waals surface area contributed by atoms with Crippen LogP contribution in [0.3, 0.4) is 0 Å². The maximum atomic E-state index is 12.3. The Balaban J connectivity index is 1.36. The Morgan fingerprint density at radius 2 is 1.29 bits per heavy atom. The summed E-state index contributed by atoms with van der Waals surface area (Å²) < 4.78 is 22.1. The summed E-state index contributed by atoms with van der Waals surface area (Å²) in [5, 5.41) is 0. The Labute approximate surface area is 307 Å². The van der Waals surface area contributed by atoms with Crippen LogP contribution in [0.15, 0.2) is 24.3 Å². The topological polar surface area (TPSA) is 105 Å². The van der Waals surface area contributed by atoms with Crippen molar-refractivity contribution in [3.63, 3.8) is 0 Å². The van der Waals surface area contributed by atoms with Gasteiger partial charge in [-0.15, -0.1) is 0 Å². The van der Waals surface area contributed by atoms with Crippen molar-refractivity contribution in [1.82, 2.24) is 0 Å². The Hall–Kier alpha value is -2.64. The third-order valence-electron chi connectivity index (χ3n) is 15.3. The molecule has 0 unspecified atom stereocenters. The number of ether oxygens (including phenoxy) is 4. The van der Waals surface area contributed by atoms with Crippen LogP contribution in [0.2, 0.25) is 0 Å². The molecule has 0 N–H and O–H groups in total. The second kappa shape index (κ2) is 14.3. The average molecular weight is 711 g/mol. The average Bonchev–Trinajstić information content (AvgIpc) is 3.36. The van der Waals surface area contributed by atoms with Gasteiger partial charge in [0.05, 0.1) is 0 Å². The summed E-state index contributed by atoms with van der Waals surface area (Å²) in [7, 11) is 0. The Morgan fingerprint density at radius 1 is 0.667 bits per heavy atom. The van der Waals surface area contributed by atoms with E-state index in [1.54, 1.807) is 0 Å². The van der Waals surface area contributed by atoms with Gasteiger partial charge in [-0.1, -0.05) is 79.2 Å². The predicted octanol–water partition coefficient (Wildman–Crippen LogP) is 8.80. The molecular formula is C43H66O8. The van der Waals surface area contributed by atoms with Crippen LogP contribution < -0.4 is 0 Å². The standard InChI is InChI=1S/C43H66O8/c1-26(13-14-33(49-28(3)45)38(51-30(5)47)34(50-29(4)46)25-48-27(2)44)31-17-22-40(8)32(31)18-23-42(10)36(40)15-16-37-41(9)21-12-20-39(6,7)35(41)19-24-43(37,42)11/h15-16,19,24,26,31-38H,12-14,17-18,20-23,25H2,1-11H3/t26-,31-,32+,33-,34+,35+,36-,37-,38-,40+,41+,42-,43-/m1/s1. The molecule has 8 heteroatoms. The fraction of sp³-hybridized carbons (Fsp3) is 0.814. The smallest absolute Gasteiger partial charge is 0.303 e. The zero-order valence-corrected chi connectivity index (χ0v) is 33.3. The van der Waals surface area contributed by atoms with E-state index in [0.29, 0.717) is 47.3 Å². The van der Waals surface area contributed by atoms with Crippen molar-refractivity contribution >= 4 is 23.9 Å². The molecule has 3 fully saturated rings. The molecule has 0 spiro atoms. The van der Waals surface area contributed by atoms with Gasteiger partial charge in [-0.2, -0.15) is 0 Å². The lowest BCUT2D eigenvalue weighted by atomic mass is 9.35. The summed E-state index contributed by atoms with van der Waals surface area (Å²) in [6.45, 7) is 22.4. The molecule has 0 bridgehead atoms. The minimum atomic E-state index is -1.12. The number of carbonyl (C=O) groups excluding carboxylic acids is 4. The van der Waals surface area contributed by atoms with E-state index < -0.39 is 42.2 Å². The molecular weight excluding hydrogens is 644 g/mol. The quantitative estimate of drug-likeness (QED) is 0.119. The first-order valence-electron chi connectivity index (χ1n) is 19.7. The van der Waals surface area contributed by atoms with Gasteiger partial charge in [0.1, 0.15) is 12.7 Å². The molecule has 3 saturated carbocycles. The zero-order chi connectivity index (χ0) is 37.7. The summed E-state index contributed by atoms with van der Waals surface area (Å²) in [5.74, 6) is 0.740. The first kappa shape index (κ1) is 39.6. The minimum absolute atomic E-state index is 0.107. The summed E-state index contributed by atoms with van der Waals surface area (Å²) in [5.41, 5.74) is 1.07. The zero-order valence-electron chi connectivity index (χ0n) is 33.3. The van der Waals surface area contributed by atoms with Crippen molar-refractivity contribution in [2.24, 2.45) is 62.6 Å². The molecule has 5 aliphatic carbocycles. The molecule has 51 heavy (non-hydrogen) atoms. The largest absolute Gasteiger partial charge is 0.462 e. The molecule has 0 radical (unpaired) electrons. The maximum absolute atomic E-state index is 12.3. The van der Waals surface area contributed by atoms with Crippen LogP contribution in [0.25, 0.3) is 0 Å². The van der Waals surface area contributed by atoms with Gasteiger partial charge in [0.2, 0.25) is 0 Å². The van der Waals surface area contributed by atoms with Crippen molar-refractivity contribution < 1.29 is 38.1 Å². The van der Waals surface area contributed by atoms with Gasteiger partial charge in [-0.25, -0.2) is 0 Å². The van der Waals surface area contributed by atoms with E-state index in [1.807, 2.05) is 0 Å². The first-order chi connectivity index (χ1) is 23.7. The summed E-state index contributed by atoms with van der Waals surface area (Å²) in [4.78, 5) is 48.3. The van der Waals surface area contributed by atoms with E-state index in [4.69, 9.17) is 18.9 Å². The van der Waals surface area contributed by atoms with Crippen LogP contribution in [-0.4, -0.2) is 48.8 Å². The highest BCUT2D eigenvalue weighted by molar-refractivity contribution is 5.68. The van der Waals surface area contributed by atoms with E-state index in [2.05, 4.69) is 72.8 Å². The first-order valence-corrected chi connectivity index (χ1v) is 19.7. The minimum Gasteiger partial charge on any atom is -0.462 e. The summed E-state index contributed by atoms with van der Waals surface area (Å²) >= 11 is 0. The molecule has 0 amide bonds. The fourth-order valence-corrected chi connectivity index (χ4v) is 12.9. The molecule has 13 atom stereocenters.